The number of fused-ring (bicyclic) bond motifs is 6. The molecule has 0 heterocycles. The molecule has 3 fully saturated rings. The summed E-state index contributed by atoms with van der Waals surface area (Å²) < 4.78 is 0. The summed E-state index contributed by atoms with van der Waals surface area (Å²) in [5.74, 6) is 3.13. The van der Waals surface area contributed by atoms with Gasteiger partial charge in [0, 0.05) is 22.1 Å². The molecule has 4 aliphatic carbocycles. The van der Waals surface area contributed by atoms with Crippen molar-refractivity contribution in [2.45, 2.75) is 88.9 Å². The van der Waals surface area contributed by atoms with Crippen molar-refractivity contribution in [2.75, 3.05) is 4.90 Å². The maximum absolute atomic E-state index is 2.61. The van der Waals surface area contributed by atoms with Crippen molar-refractivity contribution in [3.05, 3.63) is 150 Å². The largest absolute Gasteiger partial charge is 0.309 e. The average Bonchev–Trinajstić information content (AvgIpc) is 3.88. The molecule has 0 saturated heterocycles. The Labute approximate surface area is 304 Å². The summed E-state index contributed by atoms with van der Waals surface area (Å²) in [6.07, 6.45) is 12.3. The summed E-state index contributed by atoms with van der Waals surface area (Å²) in [4.78, 5) is 2.61. The molecule has 4 aliphatic rings. The van der Waals surface area contributed by atoms with Crippen LogP contribution >= 0.6 is 0 Å². The van der Waals surface area contributed by atoms with Crippen LogP contribution in [-0.2, 0) is 5.41 Å². The zero-order valence-corrected chi connectivity index (χ0v) is 30.2. The molecular formula is C50H49N. The lowest BCUT2D eigenvalue weighted by molar-refractivity contribution is 0.422. The summed E-state index contributed by atoms with van der Waals surface area (Å²) in [7, 11) is 0. The minimum absolute atomic E-state index is 0.0971. The molecule has 0 spiro atoms. The van der Waals surface area contributed by atoms with Gasteiger partial charge in [0.05, 0.1) is 11.4 Å². The van der Waals surface area contributed by atoms with Crippen LogP contribution in [0.25, 0.3) is 33.0 Å². The molecule has 3 atom stereocenters. The van der Waals surface area contributed by atoms with Crippen LogP contribution in [-0.4, -0.2) is 0 Å². The highest BCUT2D eigenvalue weighted by Gasteiger charge is 2.41. The molecule has 2 bridgehead atoms. The van der Waals surface area contributed by atoms with Gasteiger partial charge in [0.25, 0.3) is 0 Å². The molecule has 0 amide bonds. The quantitative estimate of drug-likeness (QED) is 0.171. The third-order valence-electron chi connectivity index (χ3n) is 13.6. The van der Waals surface area contributed by atoms with E-state index in [0.717, 1.165) is 11.8 Å². The van der Waals surface area contributed by atoms with Crippen molar-refractivity contribution in [1.29, 1.82) is 0 Å². The fourth-order valence-corrected chi connectivity index (χ4v) is 11.0. The second-order valence-corrected chi connectivity index (χ2v) is 16.7. The minimum atomic E-state index is -0.0971. The highest BCUT2D eigenvalue weighted by molar-refractivity contribution is 6.03. The van der Waals surface area contributed by atoms with E-state index in [4.69, 9.17) is 0 Å². The van der Waals surface area contributed by atoms with Gasteiger partial charge in [0.2, 0.25) is 0 Å². The minimum Gasteiger partial charge on any atom is -0.309 e. The number of benzene rings is 6. The van der Waals surface area contributed by atoms with Gasteiger partial charge in [0.15, 0.2) is 0 Å². The van der Waals surface area contributed by atoms with Gasteiger partial charge in [-0.15, -0.1) is 0 Å². The molecule has 3 unspecified atom stereocenters. The monoisotopic (exact) mass is 663 g/mol. The van der Waals surface area contributed by atoms with Gasteiger partial charge in [-0.05, 0) is 130 Å². The molecule has 51 heavy (non-hydrogen) atoms. The van der Waals surface area contributed by atoms with Crippen molar-refractivity contribution in [1.82, 2.24) is 0 Å². The van der Waals surface area contributed by atoms with Crippen LogP contribution in [0.15, 0.2) is 127 Å². The van der Waals surface area contributed by atoms with Gasteiger partial charge in [-0.2, -0.15) is 0 Å². The Hall–Kier alpha value is -4.62. The van der Waals surface area contributed by atoms with Gasteiger partial charge in [-0.3, -0.25) is 0 Å². The summed E-state index contributed by atoms with van der Waals surface area (Å²) in [5.41, 5.74) is 14.8. The van der Waals surface area contributed by atoms with Crippen molar-refractivity contribution in [2.24, 2.45) is 11.8 Å². The number of nitrogens with zero attached hydrogens (tertiary/aromatic N) is 1. The predicted octanol–water partition coefficient (Wildman–Crippen LogP) is 14.2. The lowest BCUT2D eigenvalue weighted by Gasteiger charge is -2.32. The number of anilines is 3. The molecule has 0 N–H and O–H groups in total. The standard InChI is InChI=1S/C50H49N/c1-50(2)46-20-12-11-18-41(46)45-31-44(36-15-7-4-8-16-36)49(32-47(45)50)51(38-25-23-35(24-26-38)34-13-5-3-6-14-34)48-28-27-40(39-17-9-10-19-42(39)48)43-30-33-21-22-37(43)29-33/h4,7-12,15-20,23-28,31-34,37,43H,3,5-6,13-14,21-22,29-30H2,1-2H3. The highest BCUT2D eigenvalue weighted by Crippen LogP contribution is 2.56. The van der Waals surface area contributed by atoms with Gasteiger partial charge < -0.3 is 4.90 Å². The Morgan fingerprint density at radius 1 is 0.549 bits per heavy atom. The van der Waals surface area contributed by atoms with E-state index in [9.17, 15) is 0 Å². The normalized spacial score (nSPS) is 21.9. The van der Waals surface area contributed by atoms with E-state index in [2.05, 4.69) is 146 Å². The van der Waals surface area contributed by atoms with Crippen LogP contribution in [0.5, 0.6) is 0 Å². The second-order valence-electron chi connectivity index (χ2n) is 16.7. The van der Waals surface area contributed by atoms with Gasteiger partial charge in [0.1, 0.15) is 0 Å². The summed E-state index contributed by atoms with van der Waals surface area (Å²) in [6, 6.07) is 49.2. The Bertz CT molecular complexity index is 2240. The lowest BCUT2D eigenvalue weighted by atomic mass is 9.81. The molecule has 10 rings (SSSR count). The molecule has 1 heteroatoms. The van der Waals surface area contributed by atoms with Crippen LogP contribution in [0.4, 0.5) is 17.1 Å². The maximum atomic E-state index is 2.61. The predicted molar refractivity (Wildman–Crippen MR) is 216 cm³/mol. The molecule has 6 aromatic rings. The van der Waals surface area contributed by atoms with E-state index in [1.54, 1.807) is 5.56 Å². The molecular weight excluding hydrogens is 615 g/mol. The number of hydrogen-bond donors (Lipinski definition) is 0. The molecule has 6 aromatic carbocycles. The van der Waals surface area contributed by atoms with Crippen molar-refractivity contribution >= 4 is 27.8 Å². The van der Waals surface area contributed by atoms with Crippen LogP contribution < -0.4 is 4.90 Å². The topological polar surface area (TPSA) is 3.24 Å². The second kappa shape index (κ2) is 12.3. The Morgan fingerprint density at radius 3 is 2.06 bits per heavy atom. The Balaban J connectivity index is 1.21. The first-order chi connectivity index (χ1) is 25.0. The lowest BCUT2D eigenvalue weighted by Crippen LogP contribution is -2.17. The van der Waals surface area contributed by atoms with Gasteiger partial charge in [-0.1, -0.05) is 137 Å². The van der Waals surface area contributed by atoms with Crippen molar-refractivity contribution < 1.29 is 0 Å². The third kappa shape index (κ3) is 5.10. The first kappa shape index (κ1) is 31.1. The van der Waals surface area contributed by atoms with Crippen LogP contribution in [0.2, 0.25) is 0 Å². The zero-order chi connectivity index (χ0) is 34.1. The Kier molecular flexibility index (Phi) is 7.49. The van der Waals surface area contributed by atoms with Crippen molar-refractivity contribution in [3.63, 3.8) is 0 Å². The van der Waals surface area contributed by atoms with E-state index >= 15 is 0 Å². The molecule has 0 aromatic heterocycles. The fourth-order valence-electron chi connectivity index (χ4n) is 11.0. The summed E-state index contributed by atoms with van der Waals surface area (Å²) >= 11 is 0. The SMILES string of the molecule is CC1(C)c2ccccc2-c2cc(-c3ccccc3)c(N(c3ccc(C4CCCCC4)cc3)c3ccc(C4CC5CCC4C5)c4ccccc34)cc21. The molecule has 0 radical (unpaired) electrons. The van der Waals surface area contributed by atoms with Crippen LogP contribution in [0.1, 0.15) is 106 Å². The first-order valence-corrected chi connectivity index (χ1v) is 19.8. The molecule has 0 aliphatic heterocycles. The van der Waals surface area contributed by atoms with Crippen LogP contribution in [0, 0.1) is 11.8 Å². The summed E-state index contributed by atoms with van der Waals surface area (Å²) in [5, 5.41) is 2.79. The van der Waals surface area contributed by atoms with Crippen molar-refractivity contribution in [3.8, 4) is 22.3 Å². The maximum Gasteiger partial charge on any atom is 0.0543 e. The average molecular weight is 664 g/mol. The van der Waals surface area contributed by atoms with E-state index in [1.165, 1.54) is 125 Å². The summed E-state index contributed by atoms with van der Waals surface area (Å²) in [6.45, 7) is 4.82. The Morgan fingerprint density at radius 2 is 1.29 bits per heavy atom. The van der Waals surface area contributed by atoms with E-state index in [-0.39, 0.29) is 5.41 Å². The smallest absolute Gasteiger partial charge is 0.0543 e. The highest BCUT2D eigenvalue weighted by atomic mass is 15.1. The zero-order valence-electron chi connectivity index (χ0n) is 30.2. The number of rotatable bonds is 6. The van der Waals surface area contributed by atoms with E-state index < -0.39 is 0 Å². The third-order valence-corrected chi connectivity index (χ3v) is 13.6. The molecule has 3 saturated carbocycles. The fraction of sp³-hybridized carbons (Fsp3) is 0.320. The van der Waals surface area contributed by atoms with Crippen LogP contribution in [0.3, 0.4) is 0 Å². The molecule has 1 nitrogen and oxygen atoms in total. The molecule has 254 valence electrons. The first-order valence-electron chi connectivity index (χ1n) is 19.8. The van der Waals surface area contributed by atoms with Gasteiger partial charge >= 0.3 is 0 Å². The number of hydrogen-bond acceptors (Lipinski definition) is 1. The van der Waals surface area contributed by atoms with E-state index in [1.807, 2.05) is 0 Å². The van der Waals surface area contributed by atoms with Gasteiger partial charge in [-0.25, -0.2) is 0 Å². The van der Waals surface area contributed by atoms with E-state index in [0.29, 0.717) is 11.8 Å².